The molecule has 2 N–H and O–H groups in total. The van der Waals surface area contributed by atoms with Gasteiger partial charge in [0.05, 0.1) is 18.3 Å². The third kappa shape index (κ3) is 3.09. The predicted octanol–water partition coefficient (Wildman–Crippen LogP) is 3.42. The number of benzene rings is 2. The minimum atomic E-state index is 0.524. The van der Waals surface area contributed by atoms with Crippen LogP contribution in [0.5, 0.6) is 5.75 Å². The molecule has 28 heavy (non-hydrogen) atoms. The molecule has 1 saturated heterocycles. The van der Waals surface area contributed by atoms with Crippen molar-refractivity contribution in [2.45, 2.75) is 18.8 Å². The molecule has 1 aliphatic carbocycles. The van der Waals surface area contributed by atoms with E-state index in [9.17, 15) is 0 Å². The van der Waals surface area contributed by atoms with Crippen molar-refractivity contribution >= 4 is 28.1 Å². The van der Waals surface area contributed by atoms with Crippen LogP contribution in [0.1, 0.15) is 24.6 Å². The van der Waals surface area contributed by atoms with E-state index >= 15 is 0 Å². The highest BCUT2D eigenvalue weighted by Crippen LogP contribution is 2.40. The number of methoxy groups -OCH3 is 1. The average Bonchev–Trinajstić information content (AvgIpc) is 3.58. The van der Waals surface area contributed by atoms with Gasteiger partial charge in [0.25, 0.3) is 0 Å². The van der Waals surface area contributed by atoms with E-state index < -0.39 is 0 Å². The first-order valence-corrected chi connectivity index (χ1v) is 9.93. The fourth-order valence-electron chi connectivity index (χ4n) is 3.96. The van der Waals surface area contributed by atoms with Crippen LogP contribution in [0.3, 0.4) is 0 Å². The molecule has 0 unspecified atom stereocenters. The number of hydrogen-bond donors (Lipinski definition) is 1. The highest BCUT2D eigenvalue weighted by Gasteiger charge is 2.29. The van der Waals surface area contributed by atoms with Gasteiger partial charge in [0.15, 0.2) is 0 Å². The Hall–Kier alpha value is -3.02. The summed E-state index contributed by atoms with van der Waals surface area (Å²) in [5.41, 5.74) is 8.97. The number of fused-ring (bicyclic) bond motifs is 1. The number of ether oxygens (including phenoxy) is 1. The first kappa shape index (κ1) is 17.1. The van der Waals surface area contributed by atoms with Crippen LogP contribution in [0, 0.1) is 0 Å². The maximum Gasteiger partial charge on any atom is 0.142 e. The number of nitrogens with zero attached hydrogens (tertiary/aromatic N) is 4. The second-order valence-corrected chi connectivity index (χ2v) is 7.60. The van der Waals surface area contributed by atoms with Gasteiger partial charge in [0.2, 0.25) is 0 Å². The van der Waals surface area contributed by atoms with Crippen molar-refractivity contribution in [2.24, 2.45) is 0 Å². The second-order valence-electron chi connectivity index (χ2n) is 7.60. The molecule has 6 nitrogen and oxygen atoms in total. The minimum Gasteiger partial charge on any atom is -0.495 e. The van der Waals surface area contributed by atoms with Gasteiger partial charge in [0.1, 0.15) is 17.4 Å². The quantitative estimate of drug-likeness (QED) is 0.705. The molecule has 0 radical (unpaired) electrons. The van der Waals surface area contributed by atoms with Crippen LogP contribution >= 0.6 is 0 Å². The summed E-state index contributed by atoms with van der Waals surface area (Å²) in [4.78, 5) is 14.5. The molecule has 6 heteroatoms. The molecular formula is C22H25N5O. The Balaban J connectivity index is 1.44. The third-order valence-corrected chi connectivity index (χ3v) is 5.66. The number of aromatic nitrogens is 2. The number of piperazine rings is 1. The molecule has 2 aliphatic rings. The molecule has 3 aromatic rings. The summed E-state index contributed by atoms with van der Waals surface area (Å²) in [5, 5.41) is 1.05. The average molecular weight is 375 g/mol. The van der Waals surface area contributed by atoms with E-state index in [1.165, 1.54) is 12.8 Å². The summed E-state index contributed by atoms with van der Waals surface area (Å²) in [6.45, 7) is 3.66. The molecule has 5 rings (SSSR count). The largest absolute Gasteiger partial charge is 0.495 e. The van der Waals surface area contributed by atoms with E-state index in [1.54, 1.807) is 7.11 Å². The van der Waals surface area contributed by atoms with Crippen LogP contribution in [0.4, 0.5) is 17.2 Å². The molecular weight excluding hydrogens is 350 g/mol. The minimum absolute atomic E-state index is 0.524. The van der Waals surface area contributed by atoms with Gasteiger partial charge in [-0.25, -0.2) is 9.97 Å². The lowest BCUT2D eigenvalue weighted by molar-refractivity contribution is 0.413. The number of para-hydroxylation sites is 2. The molecule has 2 fully saturated rings. The monoisotopic (exact) mass is 375 g/mol. The van der Waals surface area contributed by atoms with Gasteiger partial charge in [-0.15, -0.1) is 0 Å². The first-order valence-electron chi connectivity index (χ1n) is 9.93. The van der Waals surface area contributed by atoms with Gasteiger partial charge < -0.3 is 20.3 Å². The van der Waals surface area contributed by atoms with E-state index in [0.717, 1.165) is 65.8 Å². The summed E-state index contributed by atoms with van der Waals surface area (Å²) in [5.74, 6) is 3.46. The van der Waals surface area contributed by atoms with Crippen LogP contribution in [0.15, 0.2) is 42.5 Å². The molecule has 0 atom stereocenters. The van der Waals surface area contributed by atoms with Crippen molar-refractivity contribution < 1.29 is 4.74 Å². The van der Waals surface area contributed by atoms with Gasteiger partial charge in [-0.2, -0.15) is 0 Å². The number of hydrogen-bond acceptors (Lipinski definition) is 6. The van der Waals surface area contributed by atoms with Gasteiger partial charge >= 0.3 is 0 Å². The number of rotatable bonds is 4. The van der Waals surface area contributed by atoms with Gasteiger partial charge in [-0.1, -0.05) is 12.1 Å². The molecule has 1 saturated carbocycles. The Morgan fingerprint density at radius 1 is 0.964 bits per heavy atom. The van der Waals surface area contributed by atoms with Crippen molar-refractivity contribution in [3.8, 4) is 5.75 Å². The zero-order valence-electron chi connectivity index (χ0n) is 16.1. The van der Waals surface area contributed by atoms with E-state index in [2.05, 4.69) is 21.9 Å². The normalized spacial score (nSPS) is 17.2. The SMILES string of the molecule is COc1ccccc1N1CCN(c2nc(C3CC3)nc3ccc(N)cc23)CC1. The lowest BCUT2D eigenvalue weighted by Gasteiger charge is -2.37. The van der Waals surface area contributed by atoms with E-state index in [4.69, 9.17) is 20.4 Å². The number of anilines is 3. The second kappa shape index (κ2) is 6.86. The summed E-state index contributed by atoms with van der Waals surface area (Å²) in [7, 11) is 1.73. The van der Waals surface area contributed by atoms with Gasteiger partial charge in [-0.05, 0) is 43.2 Å². The predicted molar refractivity (Wildman–Crippen MR) is 113 cm³/mol. The first-order chi connectivity index (χ1) is 13.7. The smallest absolute Gasteiger partial charge is 0.142 e. The Labute approximate surface area is 164 Å². The summed E-state index contributed by atoms with van der Waals surface area (Å²) in [6.07, 6.45) is 2.39. The zero-order chi connectivity index (χ0) is 19.1. The summed E-state index contributed by atoms with van der Waals surface area (Å²) >= 11 is 0. The molecule has 1 aromatic heterocycles. The van der Waals surface area contributed by atoms with Crippen LogP contribution in [-0.2, 0) is 0 Å². The molecule has 2 heterocycles. The summed E-state index contributed by atoms with van der Waals surface area (Å²) < 4.78 is 5.54. The molecule has 0 bridgehead atoms. The fourth-order valence-corrected chi connectivity index (χ4v) is 3.96. The molecule has 144 valence electrons. The number of nitrogens with two attached hydrogens (primary N) is 1. The van der Waals surface area contributed by atoms with Crippen LogP contribution < -0.4 is 20.3 Å². The topological polar surface area (TPSA) is 67.5 Å². The zero-order valence-corrected chi connectivity index (χ0v) is 16.1. The van der Waals surface area contributed by atoms with E-state index in [1.807, 2.05) is 30.3 Å². The maximum atomic E-state index is 6.07. The van der Waals surface area contributed by atoms with Crippen LogP contribution in [-0.4, -0.2) is 43.3 Å². The van der Waals surface area contributed by atoms with Crippen LogP contribution in [0.2, 0.25) is 0 Å². The highest BCUT2D eigenvalue weighted by molar-refractivity contribution is 5.92. The number of nitrogen functional groups attached to an aromatic ring is 1. The van der Waals surface area contributed by atoms with Crippen molar-refractivity contribution in [1.82, 2.24) is 9.97 Å². The fraction of sp³-hybridized carbons (Fsp3) is 0.364. The molecule has 0 amide bonds. The molecule has 0 spiro atoms. The summed E-state index contributed by atoms with van der Waals surface area (Å²) in [6, 6.07) is 14.2. The maximum absolute atomic E-state index is 6.07. The third-order valence-electron chi connectivity index (χ3n) is 5.66. The highest BCUT2D eigenvalue weighted by atomic mass is 16.5. The lowest BCUT2D eigenvalue weighted by atomic mass is 10.1. The van der Waals surface area contributed by atoms with Crippen molar-refractivity contribution in [3.63, 3.8) is 0 Å². The van der Waals surface area contributed by atoms with E-state index in [-0.39, 0.29) is 0 Å². The Morgan fingerprint density at radius 2 is 1.71 bits per heavy atom. The van der Waals surface area contributed by atoms with Crippen molar-refractivity contribution in [3.05, 3.63) is 48.3 Å². The lowest BCUT2D eigenvalue weighted by Crippen LogP contribution is -2.47. The Bertz CT molecular complexity index is 1010. The van der Waals surface area contributed by atoms with Crippen molar-refractivity contribution in [2.75, 3.05) is 48.8 Å². The standard InChI is InChI=1S/C22H25N5O/c1-28-20-5-3-2-4-19(20)26-10-12-27(13-11-26)22-17-14-16(23)8-9-18(17)24-21(25-22)15-6-7-15/h2-5,8-9,14-15H,6-7,10-13,23H2,1H3. The molecule has 2 aromatic carbocycles. The van der Waals surface area contributed by atoms with Gasteiger partial charge in [0, 0.05) is 43.2 Å². The van der Waals surface area contributed by atoms with Crippen LogP contribution in [0.25, 0.3) is 10.9 Å². The Kier molecular flexibility index (Phi) is 4.19. The molecule has 1 aliphatic heterocycles. The van der Waals surface area contributed by atoms with E-state index in [0.29, 0.717) is 5.92 Å². The van der Waals surface area contributed by atoms with Gasteiger partial charge in [-0.3, -0.25) is 0 Å². The van der Waals surface area contributed by atoms with Crippen molar-refractivity contribution in [1.29, 1.82) is 0 Å². The Morgan fingerprint density at radius 3 is 2.46 bits per heavy atom.